The Hall–Kier alpha value is -1.11. The first-order valence-corrected chi connectivity index (χ1v) is 7.59. The van der Waals surface area contributed by atoms with E-state index < -0.39 is 15.7 Å². The van der Waals surface area contributed by atoms with Crippen LogP contribution in [0.1, 0.15) is 19.4 Å². The van der Waals surface area contributed by atoms with Gasteiger partial charge in [-0.15, -0.1) is 0 Å². The van der Waals surface area contributed by atoms with Crippen molar-refractivity contribution in [3.8, 4) is 0 Å². The maximum Gasteiger partial charge on any atom is 0.229 e. The number of hydrogen-bond donors (Lipinski definition) is 3. The summed E-state index contributed by atoms with van der Waals surface area (Å²) in [6.45, 7) is 4.03. The van der Waals surface area contributed by atoms with Gasteiger partial charge in [-0.25, -0.2) is 8.42 Å². The highest BCUT2D eigenvalue weighted by molar-refractivity contribution is 7.92. The molecule has 0 saturated heterocycles. The molecule has 102 valence electrons. The summed E-state index contributed by atoms with van der Waals surface area (Å²) < 4.78 is 24.4. The summed E-state index contributed by atoms with van der Waals surface area (Å²) in [5, 5.41) is 12.4. The van der Waals surface area contributed by atoms with Gasteiger partial charge in [-0.2, -0.15) is 0 Å². The van der Waals surface area contributed by atoms with E-state index in [0.29, 0.717) is 12.2 Å². The molecule has 0 amide bonds. The van der Waals surface area contributed by atoms with Gasteiger partial charge in [0.05, 0.1) is 6.26 Å². The van der Waals surface area contributed by atoms with Gasteiger partial charge in [0.15, 0.2) is 0 Å². The molecule has 18 heavy (non-hydrogen) atoms. The Morgan fingerprint density at radius 3 is 2.22 bits per heavy atom. The van der Waals surface area contributed by atoms with Crippen LogP contribution in [-0.2, 0) is 16.4 Å². The molecule has 0 fully saturated rings. The smallest absolute Gasteiger partial charge is 0.229 e. The van der Waals surface area contributed by atoms with Crippen molar-refractivity contribution >= 4 is 15.7 Å². The molecule has 6 heteroatoms. The highest BCUT2D eigenvalue weighted by Crippen LogP contribution is 2.11. The average molecular weight is 272 g/mol. The lowest BCUT2D eigenvalue weighted by molar-refractivity contribution is 0.0444. The van der Waals surface area contributed by atoms with Crippen LogP contribution >= 0.6 is 0 Å². The van der Waals surface area contributed by atoms with Crippen LogP contribution < -0.4 is 10.0 Å². The maximum absolute atomic E-state index is 11.0. The number of benzene rings is 1. The fourth-order valence-electron chi connectivity index (χ4n) is 1.47. The third-order valence-electron chi connectivity index (χ3n) is 2.23. The predicted molar refractivity (Wildman–Crippen MR) is 72.9 cm³/mol. The van der Waals surface area contributed by atoms with Crippen molar-refractivity contribution in [1.29, 1.82) is 0 Å². The Bertz CT molecular complexity index is 475. The predicted octanol–water partition coefficient (Wildman–Crippen LogP) is 0.919. The minimum Gasteiger partial charge on any atom is -0.376 e. The maximum atomic E-state index is 11.0. The van der Waals surface area contributed by atoms with E-state index in [0.717, 1.165) is 18.2 Å². The fourth-order valence-corrected chi connectivity index (χ4v) is 2.03. The van der Waals surface area contributed by atoms with Gasteiger partial charge >= 0.3 is 0 Å². The molecule has 1 aromatic rings. The molecule has 0 unspecified atom stereocenters. The molecular formula is C12H20N2O3S. The Kier molecular flexibility index (Phi) is 4.72. The van der Waals surface area contributed by atoms with E-state index in [-0.39, 0.29) is 0 Å². The van der Waals surface area contributed by atoms with Crippen LogP contribution in [0.15, 0.2) is 24.3 Å². The van der Waals surface area contributed by atoms with Crippen molar-refractivity contribution in [3.05, 3.63) is 29.8 Å². The summed E-state index contributed by atoms with van der Waals surface area (Å²) in [5.41, 5.74) is 0.750. The number of hydrogen-bond acceptors (Lipinski definition) is 4. The van der Waals surface area contributed by atoms with Crippen LogP contribution in [-0.4, -0.2) is 32.0 Å². The van der Waals surface area contributed by atoms with Gasteiger partial charge in [0.2, 0.25) is 10.0 Å². The van der Waals surface area contributed by atoms with Crippen molar-refractivity contribution in [3.63, 3.8) is 0 Å². The van der Waals surface area contributed by atoms with Gasteiger partial charge in [-0.05, 0) is 38.0 Å². The van der Waals surface area contributed by atoms with Gasteiger partial charge in [0, 0.05) is 12.2 Å². The van der Waals surface area contributed by atoms with Gasteiger partial charge in [-0.1, -0.05) is 12.1 Å². The van der Waals surface area contributed by atoms with Gasteiger partial charge < -0.3 is 5.11 Å². The molecule has 5 nitrogen and oxygen atoms in total. The lowest BCUT2D eigenvalue weighted by Crippen LogP contribution is -2.39. The van der Waals surface area contributed by atoms with Gasteiger partial charge in [-0.3, -0.25) is 10.0 Å². The van der Waals surface area contributed by atoms with E-state index in [4.69, 9.17) is 0 Å². The summed E-state index contributed by atoms with van der Waals surface area (Å²) in [4.78, 5) is 0. The molecule has 0 aliphatic heterocycles. The molecule has 0 atom stereocenters. The van der Waals surface area contributed by atoms with Crippen LogP contribution in [0, 0.1) is 0 Å². The normalized spacial score (nSPS) is 12.4. The second-order valence-corrected chi connectivity index (χ2v) is 6.56. The van der Waals surface area contributed by atoms with Crippen molar-refractivity contribution in [2.45, 2.75) is 26.0 Å². The number of aliphatic hydroxyl groups is 1. The molecule has 1 aromatic carbocycles. The molecule has 0 heterocycles. The van der Waals surface area contributed by atoms with Crippen LogP contribution in [0.5, 0.6) is 0 Å². The summed E-state index contributed by atoms with van der Waals surface area (Å²) in [7, 11) is -3.22. The van der Waals surface area contributed by atoms with Crippen molar-refractivity contribution in [2.24, 2.45) is 0 Å². The zero-order chi connectivity index (χ0) is 13.8. The lowest BCUT2D eigenvalue weighted by atomic mass is 10.1. The summed E-state index contributed by atoms with van der Waals surface area (Å²) in [6, 6.07) is 7.17. The third kappa shape index (κ3) is 6.58. The minimum absolute atomic E-state index is 0.552. The lowest BCUT2D eigenvalue weighted by Gasteiger charge is -2.19. The average Bonchev–Trinajstić information content (AvgIpc) is 2.16. The Labute approximate surface area is 108 Å². The molecule has 0 bridgehead atoms. The molecule has 0 radical (unpaired) electrons. The summed E-state index contributed by atoms with van der Waals surface area (Å²) >= 11 is 0. The van der Waals surface area contributed by atoms with Gasteiger partial charge in [0.25, 0.3) is 0 Å². The largest absolute Gasteiger partial charge is 0.376 e. The highest BCUT2D eigenvalue weighted by atomic mass is 32.2. The highest BCUT2D eigenvalue weighted by Gasteiger charge is 2.09. The van der Waals surface area contributed by atoms with Crippen molar-refractivity contribution in [2.75, 3.05) is 17.5 Å². The topological polar surface area (TPSA) is 78.4 Å². The first-order valence-electron chi connectivity index (χ1n) is 5.70. The molecule has 1 rings (SSSR count). The van der Waals surface area contributed by atoms with E-state index in [2.05, 4.69) is 10.0 Å². The first kappa shape index (κ1) is 14.9. The number of nitrogens with one attached hydrogen (secondary N) is 2. The van der Waals surface area contributed by atoms with E-state index in [1.807, 2.05) is 12.1 Å². The SMILES string of the molecule is CC(C)(O)NCCc1ccc(NS(C)(=O)=O)cc1. The molecule has 0 aliphatic rings. The van der Waals surface area contributed by atoms with Crippen molar-refractivity contribution in [1.82, 2.24) is 5.32 Å². The van der Waals surface area contributed by atoms with Gasteiger partial charge in [0.1, 0.15) is 5.72 Å². The zero-order valence-electron chi connectivity index (χ0n) is 10.9. The van der Waals surface area contributed by atoms with Crippen molar-refractivity contribution < 1.29 is 13.5 Å². The summed E-state index contributed by atoms with van der Waals surface area (Å²) in [5.74, 6) is 0. The number of anilines is 1. The molecule has 0 saturated carbocycles. The van der Waals surface area contributed by atoms with E-state index in [1.165, 1.54) is 0 Å². The van der Waals surface area contributed by atoms with Crippen LogP contribution in [0.2, 0.25) is 0 Å². The number of rotatable bonds is 6. The van der Waals surface area contributed by atoms with E-state index in [1.54, 1.807) is 26.0 Å². The minimum atomic E-state index is -3.22. The zero-order valence-corrected chi connectivity index (χ0v) is 11.7. The van der Waals surface area contributed by atoms with Crippen LogP contribution in [0.4, 0.5) is 5.69 Å². The quantitative estimate of drug-likeness (QED) is 0.673. The molecule has 0 spiro atoms. The summed E-state index contributed by atoms with van der Waals surface area (Å²) in [6.07, 6.45) is 1.89. The standard InChI is InChI=1S/C12H20N2O3S/c1-12(2,15)13-9-8-10-4-6-11(7-5-10)14-18(3,16)17/h4-7,13-15H,8-9H2,1-3H3. The Morgan fingerprint density at radius 1 is 1.22 bits per heavy atom. The first-order chi connectivity index (χ1) is 8.16. The van der Waals surface area contributed by atoms with Crippen LogP contribution in [0.3, 0.4) is 0 Å². The third-order valence-corrected chi connectivity index (χ3v) is 2.83. The number of sulfonamides is 1. The van der Waals surface area contributed by atoms with Crippen LogP contribution in [0.25, 0.3) is 0 Å². The Morgan fingerprint density at radius 2 is 1.78 bits per heavy atom. The Balaban J connectivity index is 2.51. The van der Waals surface area contributed by atoms with E-state index in [9.17, 15) is 13.5 Å². The molecule has 3 N–H and O–H groups in total. The molecule has 0 aliphatic carbocycles. The molecule has 0 aromatic heterocycles. The second-order valence-electron chi connectivity index (χ2n) is 4.81. The van der Waals surface area contributed by atoms with E-state index >= 15 is 0 Å². The molecular weight excluding hydrogens is 252 g/mol. The fraction of sp³-hybridized carbons (Fsp3) is 0.500. The monoisotopic (exact) mass is 272 g/mol. The second kappa shape index (κ2) is 5.69.